The number of benzene rings is 2. The fourth-order valence-electron chi connectivity index (χ4n) is 5.96. The van der Waals surface area contributed by atoms with Crippen molar-refractivity contribution < 1.29 is 19.2 Å². The number of hydrogen-bond donors (Lipinski definition) is 2. The summed E-state index contributed by atoms with van der Waals surface area (Å²) in [7, 11) is 4.33. The topological polar surface area (TPSA) is 91.1 Å². The maximum atomic E-state index is 12.8. The molecule has 1 aliphatic heterocycles. The second-order valence-corrected chi connectivity index (χ2v) is 13.1. The Labute approximate surface area is 249 Å². The van der Waals surface area contributed by atoms with Gasteiger partial charge in [0.2, 0.25) is 11.8 Å². The number of aromatic hydroxyl groups is 1. The van der Waals surface area contributed by atoms with Gasteiger partial charge in [-0.15, -0.1) is 0 Å². The van der Waals surface area contributed by atoms with Crippen molar-refractivity contribution in [2.75, 3.05) is 32.5 Å². The second kappa shape index (κ2) is 11.7. The van der Waals surface area contributed by atoms with Gasteiger partial charge in [-0.3, -0.25) is 15.0 Å². The van der Waals surface area contributed by atoms with Crippen molar-refractivity contribution in [3.63, 3.8) is 0 Å². The van der Waals surface area contributed by atoms with E-state index in [1.54, 1.807) is 6.07 Å². The lowest BCUT2D eigenvalue weighted by atomic mass is 9.94. The van der Waals surface area contributed by atoms with Crippen LogP contribution in [-0.2, 0) is 11.3 Å². The van der Waals surface area contributed by atoms with E-state index in [0.29, 0.717) is 40.4 Å². The molecule has 1 aromatic heterocycles. The summed E-state index contributed by atoms with van der Waals surface area (Å²) in [5.74, 6) is 1.79. The molecule has 42 heavy (non-hydrogen) atoms. The number of carbonyl (C=O) groups excluding carboxylic acids is 1. The van der Waals surface area contributed by atoms with Crippen molar-refractivity contribution in [3.8, 4) is 33.9 Å². The van der Waals surface area contributed by atoms with Crippen LogP contribution < -0.4 is 10.1 Å². The van der Waals surface area contributed by atoms with Crippen LogP contribution in [0, 0.1) is 11.8 Å². The predicted octanol–water partition coefficient (Wildman–Crippen LogP) is 6.50. The van der Waals surface area contributed by atoms with E-state index in [2.05, 4.69) is 79.4 Å². The lowest BCUT2D eigenvalue weighted by Gasteiger charge is -2.35. The van der Waals surface area contributed by atoms with Crippen LogP contribution in [0.2, 0.25) is 0 Å². The fraction of sp³-hybridized carbons (Fsp3) is 0.529. The average Bonchev–Trinajstić information content (AvgIpc) is 3.89. The minimum atomic E-state index is -0.0499. The van der Waals surface area contributed by atoms with Crippen LogP contribution in [0.25, 0.3) is 22.4 Å². The van der Waals surface area contributed by atoms with Crippen LogP contribution in [0.15, 0.2) is 40.9 Å². The van der Waals surface area contributed by atoms with Gasteiger partial charge in [-0.25, -0.2) is 0 Å². The Morgan fingerprint density at radius 3 is 2.43 bits per heavy atom. The molecule has 1 amide bonds. The first kappa shape index (κ1) is 28.7. The molecule has 2 heterocycles. The molecule has 3 aliphatic rings. The number of phenolic OH excluding ortho intramolecular Hbond substituents is 1. The van der Waals surface area contributed by atoms with Gasteiger partial charge in [0.05, 0.1) is 5.56 Å². The zero-order chi connectivity index (χ0) is 29.5. The van der Waals surface area contributed by atoms with Crippen molar-refractivity contribution in [1.29, 1.82) is 0 Å². The molecular formula is C34H44N4O4. The number of piperidine rings is 1. The number of rotatable bonds is 10. The monoisotopic (exact) mass is 572 g/mol. The third-order valence-corrected chi connectivity index (χ3v) is 9.13. The predicted molar refractivity (Wildman–Crippen MR) is 165 cm³/mol. The van der Waals surface area contributed by atoms with Crippen LogP contribution >= 0.6 is 0 Å². The number of likely N-dealkylation sites (tertiary alicyclic amines) is 1. The summed E-state index contributed by atoms with van der Waals surface area (Å²) in [6, 6.07) is 12.7. The molecule has 8 heteroatoms. The molecule has 2 N–H and O–H groups in total. The number of amides is 1. The molecule has 2 atom stereocenters. The molecule has 3 aromatic rings. The molecule has 0 spiro atoms. The highest BCUT2D eigenvalue weighted by molar-refractivity contribution is 5.99. The molecule has 1 unspecified atom stereocenters. The molecule has 2 aliphatic carbocycles. The van der Waals surface area contributed by atoms with Gasteiger partial charge in [0.25, 0.3) is 0 Å². The first-order valence-electron chi connectivity index (χ1n) is 15.5. The summed E-state index contributed by atoms with van der Waals surface area (Å²) in [5.41, 5.74) is 4.87. The number of ether oxygens (including phenoxy) is 1. The zero-order valence-electron chi connectivity index (χ0n) is 25.5. The van der Waals surface area contributed by atoms with Crippen LogP contribution in [0.1, 0.15) is 69.9 Å². The minimum absolute atomic E-state index is 0.0209. The van der Waals surface area contributed by atoms with Crippen LogP contribution in [0.5, 0.6) is 11.5 Å². The molecule has 0 radical (unpaired) electrons. The van der Waals surface area contributed by atoms with Gasteiger partial charge in [-0.2, -0.15) is 0 Å². The van der Waals surface area contributed by atoms with Gasteiger partial charge in [0, 0.05) is 30.1 Å². The van der Waals surface area contributed by atoms with Gasteiger partial charge in [-0.1, -0.05) is 50.2 Å². The summed E-state index contributed by atoms with van der Waals surface area (Å²) in [6.07, 6.45) is 5.37. The first-order valence-corrected chi connectivity index (χ1v) is 15.5. The Balaban J connectivity index is 1.30. The molecule has 0 bridgehead atoms. The summed E-state index contributed by atoms with van der Waals surface area (Å²) in [6.45, 7) is 9.49. The number of anilines is 1. The molecular weight excluding hydrogens is 528 g/mol. The van der Waals surface area contributed by atoms with Crippen molar-refractivity contribution >= 4 is 11.8 Å². The lowest BCUT2D eigenvalue weighted by Crippen LogP contribution is -2.41. The van der Waals surface area contributed by atoms with Crippen LogP contribution in [0.4, 0.5) is 5.88 Å². The van der Waals surface area contributed by atoms with Gasteiger partial charge in [0.1, 0.15) is 23.3 Å². The Hall–Kier alpha value is -3.36. The van der Waals surface area contributed by atoms with Crippen molar-refractivity contribution in [1.82, 2.24) is 15.0 Å². The summed E-state index contributed by atoms with van der Waals surface area (Å²) in [5, 5.41) is 18.6. The quantitative estimate of drug-likeness (QED) is 0.287. The van der Waals surface area contributed by atoms with Crippen LogP contribution in [0.3, 0.4) is 0 Å². The third kappa shape index (κ3) is 6.20. The van der Waals surface area contributed by atoms with E-state index in [4.69, 9.17) is 9.26 Å². The van der Waals surface area contributed by atoms with E-state index in [9.17, 15) is 9.90 Å². The first-order chi connectivity index (χ1) is 20.2. The third-order valence-electron chi connectivity index (χ3n) is 9.13. The maximum Gasteiger partial charge on any atom is 0.239 e. The number of phenols is 1. The largest absolute Gasteiger partial charge is 0.507 e. The maximum absolute atomic E-state index is 12.8. The Kier molecular flexibility index (Phi) is 8.03. The van der Waals surface area contributed by atoms with Gasteiger partial charge < -0.3 is 19.3 Å². The van der Waals surface area contributed by atoms with E-state index >= 15 is 0 Å². The SMILES string of the molecule is CC(C)c1cc(-c2noc(NC(=O)C3CC3)c2-c2ccc(CN3CCC(N(C)C)CC3)cc2)c(O)cc1O[C@H]1CC1C. The van der Waals surface area contributed by atoms with E-state index in [1.165, 1.54) is 18.4 Å². The smallest absolute Gasteiger partial charge is 0.239 e. The molecule has 1 saturated heterocycles. The normalized spacial score (nSPS) is 21.2. The van der Waals surface area contributed by atoms with E-state index in [-0.39, 0.29) is 29.6 Å². The molecule has 224 valence electrons. The van der Waals surface area contributed by atoms with Crippen molar-refractivity contribution in [2.24, 2.45) is 11.8 Å². The summed E-state index contributed by atoms with van der Waals surface area (Å²) in [4.78, 5) is 17.6. The number of nitrogens with one attached hydrogen (secondary N) is 1. The Morgan fingerprint density at radius 2 is 1.83 bits per heavy atom. The van der Waals surface area contributed by atoms with E-state index < -0.39 is 0 Å². The summed E-state index contributed by atoms with van der Waals surface area (Å²) >= 11 is 0. The van der Waals surface area contributed by atoms with Crippen LogP contribution in [-0.4, -0.2) is 65.3 Å². The number of hydrogen-bond acceptors (Lipinski definition) is 7. The molecule has 3 fully saturated rings. The Bertz CT molecular complexity index is 1420. The minimum Gasteiger partial charge on any atom is -0.507 e. The highest BCUT2D eigenvalue weighted by Crippen LogP contribution is 2.46. The van der Waals surface area contributed by atoms with Crippen molar-refractivity contribution in [2.45, 2.75) is 77.5 Å². The standard InChI is InChI=1S/C34H44N4O4/c1-20(2)26-17-27(28(39)18-30(26)41-29-16-21(29)3)32-31(34(42-36-32)35-33(40)24-10-11-24)23-8-6-22(7-9-23)19-38-14-12-25(13-15-38)37(4)5/h6-9,17-18,20-21,24-25,29,39H,10-16,19H2,1-5H3,(H,35,40)/t21?,29-/m0/s1. The number of aromatic nitrogens is 1. The lowest BCUT2D eigenvalue weighted by molar-refractivity contribution is -0.117. The highest BCUT2D eigenvalue weighted by Gasteiger charge is 2.36. The van der Waals surface area contributed by atoms with Crippen molar-refractivity contribution in [3.05, 3.63) is 47.5 Å². The highest BCUT2D eigenvalue weighted by atomic mass is 16.5. The average molecular weight is 573 g/mol. The molecule has 6 rings (SSSR count). The molecule has 2 saturated carbocycles. The second-order valence-electron chi connectivity index (χ2n) is 13.1. The Morgan fingerprint density at radius 1 is 1.14 bits per heavy atom. The van der Waals surface area contributed by atoms with Gasteiger partial charge in [-0.05, 0) is 93.9 Å². The zero-order valence-corrected chi connectivity index (χ0v) is 25.5. The summed E-state index contributed by atoms with van der Waals surface area (Å²) < 4.78 is 12.0. The van der Waals surface area contributed by atoms with E-state index in [1.807, 2.05) is 6.07 Å². The molecule has 8 nitrogen and oxygen atoms in total. The van der Waals surface area contributed by atoms with E-state index in [0.717, 1.165) is 50.0 Å². The molecule has 2 aromatic carbocycles. The van der Waals surface area contributed by atoms with Gasteiger partial charge in [0.15, 0.2) is 0 Å². The fourth-order valence-corrected chi connectivity index (χ4v) is 5.96. The number of carbonyl (C=O) groups is 1. The van der Waals surface area contributed by atoms with Gasteiger partial charge >= 0.3 is 0 Å². The number of nitrogens with zero attached hydrogens (tertiary/aromatic N) is 3.